The summed E-state index contributed by atoms with van der Waals surface area (Å²) in [4.78, 5) is 11.9. The maximum atomic E-state index is 11.9. The molecule has 16 heavy (non-hydrogen) atoms. The van der Waals surface area contributed by atoms with Crippen molar-refractivity contribution in [2.75, 3.05) is 5.73 Å². The molecule has 1 unspecified atom stereocenters. The first kappa shape index (κ1) is 12.3. The Labute approximate surface area is 95.3 Å². The number of hydrogen-bond acceptors (Lipinski definition) is 3. The third kappa shape index (κ3) is 2.24. The molecule has 0 aliphatic carbocycles. The van der Waals surface area contributed by atoms with E-state index >= 15 is 0 Å². The average Bonchev–Trinajstić information content (AvgIpc) is 2.54. The maximum absolute atomic E-state index is 11.9. The van der Waals surface area contributed by atoms with Crippen LogP contribution in [0.2, 0.25) is 0 Å². The number of hydrogen-bond donors (Lipinski definition) is 2. The Morgan fingerprint density at radius 2 is 2.38 bits per heavy atom. The molecule has 1 rings (SSSR count). The third-order valence-electron chi connectivity index (χ3n) is 2.40. The second-order valence-electron chi connectivity index (χ2n) is 3.66. The smallest absolute Gasteiger partial charge is 0.272 e. The summed E-state index contributed by atoms with van der Waals surface area (Å²) in [7, 11) is 0. The number of carbonyl (C=O) groups excluding carboxylic acids is 1. The normalized spacial score (nSPS) is 12.2. The number of rotatable bonds is 4. The third-order valence-corrected chi connectivity index (χ3v) is 2.40. The highest BCUT2D eigenvalue weighted by Crippen LogP contribution is 2.16. The Hall–Kier alpha value is -1.78. The molecular formula is C11H18N4O. The Morgan fingerprint density at radius 1 is 1.75 bits per heavy atom. The van der Waals surface area contributed by atoms with E-state index in [9.17, 15) is 4.79 Å². The molecule has 0 aliphatic heterocycles. The van der Waals surface area contributed by atoms with E-state index in [4.69, 9.17) is 5.73 Å². The van der Waals surface area contributed by atoms with Gasteiger partial charge in [-0.15, -0.1) is 6.58 Å². The van der Waals surface area contributed by atoms with Crippen molar-refractivity contribution in [1.29, 1.82) is 0 Å². The zero-order valence-corrected chi connectivity index (χ0v) is 9.95. The molecule has 1 amide bonds. The molecule has 1 aromatic heterocycles. The van der Waals surface area contributed by atoms with Crippen LogP contribution in [0.3, 0.4) is 0 Å². The molecule has 0 aromatic carbocycles. The van der Waals surface area contributed by atoms with Crippen molar-refractivity contribution in [3.63, 3.8) is 0 Å². The van der Waals surface area contributed by atoms with Crippen LogP contribution in [0.25, 0.3) is 0 Å². The molecule has 0 saturated heterocycles. The summed E-state index contributed by atoms with van der Waals surface area (Å²) < 4.78 is 1.61. The van der Waals surface area contributed by atoms with E-state index in [-0.39, 0.29) is 11.9 Å². The number of nitrogens with zero attached hydrogens (tertiary/aromatic N) is 2. The molecule has 1 heterocycles. The number of nitrogens with one attached hydrogen (secondary N) is 1. The van der Waals surface area contributed by atoms with Gasteiger partial charge in [-0.1, -0.05) is 6.08 Å². The Bertz CT molecular complexity index is 408. The highest BCUT2D eigenvalue weighted by atomic mass is 16.2. The Balaban J connectivity index is 3.02. The minimum absolute atomic E-state index is 0.0904. The lowest BCUT2D eigenvalue weighted by atomic mass is 10.2. The summed E-state index contributed by atoms with van der Waals surface area (Å²) in [6, 6.07) is -0.0904. The van der Waals surface area contributed by atoms with Gasteiger partial charge in [-0.05, 0) is 20.8 Å². The molecule has 0 saturated carbocycles. The van der Waals surface area contributed by atoms with E-state index in [2.05, 4.69) is 17.0 Å². The van der Waals surface area contributed by atoms with Gasteiger partial charge in [0.05, 0.1) is 11.4 Å². The largest absolute Gasteiger partial charge is 0.395 e. The van der Waals surface area contributed by atoms with E-state index in [1.807, 2.05) is 13.8 Å². The van der Waals surface area contributed by atoms with Crippen molar-refractivity contribution in [2.24, 2.45) is 0 Å². The van der Waals surface area contributed by atoms with Crippen LogP contribution >= 0.6 is 0 Å². The molecule has 0 spiro atoms. The molecule has 0 radical (unpaired) electrons. The van der Waals surface area contributed by atoms with Crippen molar-refractivity contribution in [3.8, 4) is 0 Å². The first-order valence-corrected chi connectivity index (χ1v) is 5.27. The minimum Gasteiger partial charge on any atom is -0.395 e. The van der Waals surface area contributed by atoms with E-state index < -0.39 is 0 Å². The fraction of sp³-hybridized carbons (Fsp3) is 0.455. The van der Waals surface area contributed by atoms with Crippen LogP contribution in [0.1, 0.15) is 30.0 Å². The Morgan fingerprint density at radius 3 is 2.88 bits per heavy atom. The van der Waals surface area contributed by atoms with Gasteiger partial charge in [-0.3, -0.25) is 9.48 Å². The molecule has 0 fully saturated rings. The molecule has 3 N–H and O–H groups in total. The lowest BCUT2D eigenvalue weighted by Crippen LogP contribution is -2.33. The molecule has 0 bridgehead atoms. The number of nitrogens with two attached hydrogens (primary N) is 1. The summed E-state index contributed by atoms with van der Waals surface area (Å²) in [5.41, 5.74) is 7.37. The van der Waals surface area contributed by atoms with Crippen molar-refractivity contribution >= 4 is 11.6 Å². The summed E-state index contributed by atoms with van der Waals surface area (Å²) in [5, 5.41) is 6.96. The average molecular weight is 222 g/mol. The second-order valence-corrected chi connectivity index (χ2v) is 3.66. The van der Waals surface area contributed by atoms with Crippen LogP contribution in [0.4, 0.5) is 5.69 Å². The van der Waals surface area contributed by atoms with E-state index in [1.165, 1.54) is 0 Å². The van der Waals surface area contributed by atoms with Gasteiger partial charge in [0.15, 0.2) is 0 Å². The zero-order chi connectivity index (χ0) is 12.3. The monoisotopic (exact) mass is 222 g/mol. The number of anilines is 1. The number of aromatic nitrogens is 2. The van der Waals surface area contributed by atoms with Crippen LogP contribution in [0, 0.1) is 6.92 Å². The van der Waals surface area contributed by atoms with Crippen LogP contribution in [-0.2, 0) is 6.54 Å². The van der Waals surface area contributed by atoms with Gasteiger partial charge in [0.2, 0.25) is 0 Å². The highest BCUT2D eigenvalue weighted by Gasteiger charge is 2.19. The number of carbonyl (C=O) groups is 1. The van der Waals surface area contributed by atoms with Crippen LogP contribution < -0.4 is 11.1 Å². The maximum Gasteiger partial charge on any atom is 0.272 e. The van der Waals surface area contributed by atoms with Crippen molar-refractivity contribution in [1.82, 2.24) is 15.1 Å². The predicted molar refractivity (Wildman–Crippen MR) is 64.2 cm³/mol. The number of nitrogen functional groups attached to an aromatic ring is 1. The van der Waals surface area contributed by atoms with Gasteiger partial charge >= 0.3 is 0 Å². The van der Waals surface area contributed by atoms with E-state index in [0.717, 1.165) is 0 Å². The Kier molecular flexibility index (Phi) is 3.71. The van der Waals surface area contributed by atoms with Crippen LogP contribution in [0.15, 0.2) is 12.7 Å². The van der Waals surface area contributed by atoms with Crippen LogP contribution in [-0.4, -0.2) is 21.7 Å². The van der Waals surface area contributed by atoms with E-state index in [0.29, 0.717) is 23.6 Å². The van der Waals surface area contributed by atoms with Crippen molar-refractivity contribution in [3.05, 3.63) is 24.0 Å². The molecule has 0 aliphatic rings. The molecule has 1 aromatic rings. The summed E-state index contributed by atoms with van der Waals surface area (Å²) in [6.45, 7) is 9.77. The summed E-state index contributed by atoms with van der Waals surface area (Å²) in [5.74, 6) is -0.215. The number of aryl methyl sites for hydroxylation is 2. The van der Waals surface area contributed by atoms with Gasteiger partial charge < -0.3 is 11.1 Å². The number of amides is 1. The molecule has 88 valence electrons. The predicted octanol–water partition coefficient (Wildman–Crippen LogP) is 1.10. The van der Waals surface area contributed by atoms with Gasteiger partial charge in [0.25, 0.3) is 5.91 Å². The zero-order valence-electron chi connectivity index (χ0n) is 9.95. The minimum atomic E-state index is -0.215. The molecule has 5 heteroatoms. The van der Waals surface area contributed by atoms with Crippen molar-refractivity contribution < 1.29 is 4.79 Å². The topological polar surface area (TPSA) is 72.9 Å². The molecule has 5 nitrogen and oxygen atoms in total. The summed E-state index contributed by atoms with van der Waals surface area (Å²) >= 11 is 0. The van der Waals surface area contributed by atoms with Gasteiger partial charge in [0.1, 0.15) is 5.69 Å². The highest BCUT2D eigenvalue weighted by molar-refractivity contribution is 5.98. The lowest BCUT2D eigenvalue weighted by Gasteiger charge is -2.10. The van der Waals surface area contributed by atoms with Crippen LogP contribution in [0.5, 0.6) is 0 Å². The molecule has 1 atom stereocenters. The second kappa shape index (κ2) is 4.83. The standard InChI is InChI=1S/C11H18N4O/c1-5-7(3)13-11(16)10-9(12)8(4)14-15(10)6-2/h5,7H,1,6,12H2,2-4H3,(H,13,16). The first-order chi connectivity index (χ1) is 7.51. The lowest BCUT2D eigenvalue weighted by molar-refractivity contribution is 0.0937. The van der Waals surface area contributed by atoms with Crippen molar-refractivity contribution in [2.45, 2.75) is 33.4 Å². The summed E-state index contributed by atoms with van der Waals surface area (Å²) in [6.07, 6.45) is 1.66. The van der Waals surface area contributed by atoms with E-state index in [1.54, 1.807) is 17.7 Å². The molecular weight excluding hydrogens is 204 g/mol. The first-order valence-electron chi connectivity index (χ1n) is 5.27. The van der Waals surface area contributed by atoms with Gasteiger partial charge in [0, 0.05) is 12.6 Å². The van der Waals surface area contributed by atoms with Gasteiger partial charge in [-0.2, -0.15) is 5.10 Å². The van der Waals surface area contributed by atoms with Gasteiger partial charge in [-0.25, -0.2) is 0 Å². The fourth-order valence-corrected chi connectivity index (χ4v) is 1.40. The fourth-order valence-electron chi connectivity index (χ4n) is 1.40. The quantitative estimate of drug-likeness (QED) is 0.749. The SMILES string of the molecule is C=CC(C)NC(=O)c1c(N)c(C)nn1CC.